The highest BCUT2D eigenvalue weighted by Gasteiger charge is 2.23. The topological polar surface area (TPSA) is 49.9 Å². The van der Waals surface area contributed by atoms with Gasteiger partial charge in [0.2, 0.25) is 11.8 Å². The second kappa shape index (κ2) is 8.83. The maximum absolute atomic E-state index is 13.5. The molecule has 25 heavy (non-hydrogen) atoms. The lowest BCUT2D eigenvalue weighted by Crippen LogP contribution is -2.38. The Hall–Kier alpha value is -2.11. The van der Waals surface area contributed by atoms with E-state index in [0.717, 1.165) is 6.42 Å². The van der Waals surface area contributed by atoms with Crippen molar-refractivity contribution in [3.63, 3.8) is 0 Å². The Kier molecular flexibility index (Phi) is 6.79. The van der Waals surface area contributed by atoms with Gasteiger partial charge >= 0.3 is 0 Å². The highest BCUT2D eigenvalue weighted by Crippen LogP contribution is 2.21. The number of halogens is 1. The molecule has 1 heterocycles. The summed E-state index contributed by atoms with van der Waals surface area (Å²) in [5.41, 5.74) is 0.546. The molecule has 1 fully saturated rings. The number of benzene rings is 1. The lowest BCUT2D eigenvalue weighted by molar-refractivity contribution is -0.133. The smallest absolute Gasteiger partial charge is 0.227 e. The summed E-state index contributed by atoms with van der Waals surface area (Å²) in [6.07, 6.45) is 1.39. The van der Waals surface area contributed by atoms with Crippen LogP contribution in [0, 0.1) is 11.7 Å². The summed E-state index contributed by atoms with van der Waals surface area (Å²) in [6, 6.07) is 4.19. The predicted molar refractivity (Wildman–Crippen MR) is 93.9 cm³/mol. The Labute approximate surface area is 148 Å². The first-order chi connectivity index (χ1) is 11.9. The normalized spacial score (nSPS) is 15.2. The van der Waals surface area contributed by atoms with Crippen LogP contribution in [0.25, 0.3) is 0 Å². The van der Waals surface area contributed by atoms with Crippen molar-refractivity contribution in [1.82, 2.24) is 9.80 Å². The molecule has 1 aromatic carbocycles. The number of nitrogens with zero attached hydrogens (tertiary/aromatic N) is 2. The maximum atomic E-state index is 13.5. The van der Waals surface area contributed by atoms with Crippen molar-refractivity contribution in [3.8, 4) is 5.75 Å². The molecular weight excluding hydrogens is 323 g/mol. The van der Waals surface area contributed by atoms with Crippen LogP contribution in [0.4, 0.5) is 4.39 Å². The van der Waals surface area contributed by atoms with Crippen LogP contribution in [0.15, 0.2) is 18.2 Å². The van der Waals surface area contributed by atoms with E-state index in [1.54, 1.807) is 4.90 Å². The quantitative estimate of drug-likeness (QED) is 0.820. The second-order valence-corrected chi connectivity index (χ2v) is 6.85. The minimum absolute atomic E-state index is 0.0675. The molecule has 0 radical (unpaired) electrons. The van der Waals surface area contributed by atoms with Gasteiger partial charge in [0.1, 0.15) is 11.6 Å². The van der Waals surface area contributed by atoms with E-state index >= 15 is 0 Å². The molecule has 0 N–H and O–H groups in total. The standard InChI is InChI=1S/C19H27FN2O3/c1-14(2)11-18(23)21-7-4-8-22(10-9-21)19(24)13-15-12-16(20)5-6-17(15)25-3/h5-6,12,14H,4,7-11,13H2,1-3H3. The van der Waals surface area contributed by atoms with Gasteiger partial charge in [0.25, 0.3) is 0 Å². The molecule has 6 heteroatoms. The molecule has 5 nitrogen and oxygen atoms in total. The minimum Gasteiger partial charge on any atom is -0.496 e. The lowest BCUT2D eigenvalue weighted by Gasteiger charge is -2.23. The molecule has 0 spiro atoms. The van der Waals surface area contributed by atoms with Gasteiger partial charge in [0.05, 0.1) is 13.5 Å². The maximum Gasteiger partial charge on any atom is 0.227 e. The fraction of sp³-hybridized carbons (Fsp3) is 0.579. The van der Waals surface area contributed by atoms with Crippen LogP contribution in [-0.4, -0.2) is 54.9 Å². The zero-order chi connectivity index (χ0) is 18.4. The van der Waals surface area contributed by atoms with Gasteiger partial charge < -0.3 is 14.5 Å². The first-order valence-corrected chi connectivity index (χ1v) is 8.78. The Balaban J connectivity index is 1.97. The summed E-state index contributed by atoms with van der Waals surface area (Å²) >= 11 is 0. The number of amides is 2. The van der Waals surface area contributed by atoms with Crippen molar-refractivity contribution in [2.24, 2.45) is 5.92 Å². The van der Waals surface area contributed by atoms with Crippen LogP contribution < -0.4 is 4.74 Å². The molecule has 0 saturated carbocycles. The zero-order valence-corrected chi connectivity index (χ0v) is 15.3. The first kappa shape index (κ1) is 19.2. The largest absolute Gasteiger partial charge is 0.496 e. The van der Waals surface area contributed by atoms with Gasteiger partial charge in [-0.1, -0.05) is 13.8 Å². The molecule has 0 unspecified atom stereocenters. The van der Waals surface area contributed by atoms with Crippen LogP contribution in [0.1, 0.15) is 32.3 Å². The number of ether oxygens (including phenoxy) is 1. The van der Waals surface area contributed by atoms with E-state index in [0.29, 0.717) is 49.8 Å². The van der Waals surface area contributed by atoms with E-state index in [1.165, 1.54) is 25.3 Å². The van der Waals surface area contributed by atoms with Gasteiger partial charge in [0, 0.05) is 38.2 Å². The predicted octanol–water partition coefficient (Wildman–Crippen LogP) is 2.48. The summed E-state index contributed by atoms with van der Waals surface area (Å²) in [5.74, 6) is 0.537. The van der Waals surface area contributed by atoms with Crippen molar-refractivity contribution in [2.75, 3.05) is 33.3 Å². The molecule has 1 aromatic rings. The van der Waals surface area contributed by atoms with Crippen molar-refractivity contribution < 1.29 is 18.7 Å². The molecular formula is C19H27FN2O3. The van der Waals surface area contributed by atoms with Gasteiger partial charge in [-0.2, -0.15) is 0 Å². The molecule has 0 bridgehead atoms. The average Bonchev–Trinajstić information content (AvgIpc) is 2.80. The van der Waals surface area contributed by atoms with E-state index in [2.05, 4.69) is 0 Å². The summed E-state index contributed by atoms with van der Waals surface area (Å²) in [7, 11) is 1.51. The number of carbonyl (C=O) groups excluding carboxylic acids is 2. The lowest BCUT2D eigenvalue weighted by atomic mass is 10.1. The number of methoxy groups -OCH3 is 1. The summed E-state index contributed by atoms with van der Waals surface area (Å²) in [6.45, 7) is 6.41. The first-order valence-electron chi connectivity index (χ1n) is 8.78. The molecule has 1 aliphatic heterocycles. The molecule has 0 aromatic heterocycles. The van der Waals surface area contributed by atoms with Crippen LogP contribution in [0.3, 0.4) is 0 Å². The molecule has 2 amide bonds. The Bertz CT molecular complexity index is 619. The highest BCUT2D eigenvalue weighted by atomic mass is 19.1. The summed E-state index contributed by atoms with van der Waals surface area (Å²) in [4.78, 5) is 28.4. The van der Waals surface area contributed by atoms with Gasteiger partial charge in [-0.3, -0.25) is 9.59 Å². The molecule has 138 valence electrons. The monoisotopic (exact) mass is 350 g/mol. The van der Waals surface area contributed by atoms with E-state index in [-0.39, 0.29) is 24.1 Å². The third-order valence-corrected chi connectivity index (χ3v) is 4.37. The molecule has 1 saturated heterocycles. The Morgan fingerprint density at radius 3 is 2.36 bits per heavy atom. The van der Waals surface area contributed by atoms with Gasteiger partial charge in [0.15, 0.2) is 0 Å². The summed E-state index contributed by atoms with van der Waals surface area (Å²) in [5, 5.41) is 0. The number of rotatable bonds is 5. The molecule has 1 aliphatic rings. The minimum atomic E-state index is -0.384. The van der Waals surface area contributed by atoms with Crippen LogP contribution in [-0.2, 0) is 16.0 Å². The SMILES string of the molecule is COc1ccc(F)cc1CC(=O)N1CCCN(C(=O)CC(C)C)CC1. The third-order valence-electron chi connectivity index (χ3n) is 4.37. The Morgan fingerprint density at radius 2 is 1.76 bits per heavy atom. The number of hydrogen-bond donors (Lipinski definition) is 0. The molecule has 0 aliphatic carbocycles. The van der Waals surface area contributed by atoms with Crippen molar-refractivity contribution in [1.29, 1.82) is 0 Å². The average molecular weight is 350 g/mol. The molecule has 2 rings (SSSR count). The fourth-order valence-electron chi connectivity index (χ4n) is 3.05. The van der Waals surface area contributed by atoms with E-state index in [1.807, 2.05) is 18.7 Å². The number of carbonyl (C=O) groups is 2. The van der Waals surface area contributed by atoms with Crippen LogP contribution >= 0.6 is 0 Å². The number of hydrogen-bond acceptors (Lipinski definition) is 3. The summed E-state index contributed by atoms with van der Waals surface area (Å²) < 4.78 is 18.7. The van der Waals surface area contributed by atoms with E-state index < -0.39 is 0 Å². The molecule has 0 atom stereocenters. The van der Waals surface area contributed by atoms with Crippen molar-refractivity contribution >= 4 is 11.8 Å². The van der Waals surface area contributed by atoms with Crippen LogP contribution in [0.5, 0.6) is 5.75 Å². The Morgan fingerprint density at radius 1 is 1.12 bits per heavy atom. The van der Waals surface area contributed by atoms with Crippen molar-refractivity contribution in [2.45, 2.75) is 33.1 Å². The van der Waals surface area contributed by atoms with Gasteiger partial charge in [-0.25, -0.2) is 4.39 Å². The third kappa shape index (κ3) is 5.44. The van der Waals surface area contributed by atoms with Gasteiger partial charge in [-0.15, -0.1) is 0 Å². The van der Waals surface area contributed by atoms with Gasteiger partial charge in [-0.05, 0) is 30.5 Å². The fourth-order valence-corrected chi connectivity index (χ4v) is 3.05. The van der Waals surface area contributed by atoms with E-state index in [4.69, 9.17) is 4.74 Å². The zero-order valence-electron chi connectivity index (χ0n) is 15.3. The highest BCUT2D eigenvalue weighted by molar-refractivity contribution is 5.80. The second-order valence-electron chi connectivity index (χ2n) is 6.85. The van der Waals surface area contributed by atoms with Crippen LogP contribution in [0.2, 0.25) is 0 Å². The van der Waals surface area contributed by atoms with Crippen molar-refractivity contribution in [3.05, 3.63) is 29.6 Å². The van der Waals surface area contributed by atoms with E-state index in [9.17, 15) is 14.0 Å².